The van der Waals surface area contributed by atoms with Crippen molar-refractivity contribution in [1.82, 2.24) is 4.90 Å². The summed E-state index contributed by atoms with van der Waals surface area (Å²) < 4.78 is 0. The van der Waals surface area contributed by atoms with Crippen LogP contribution in [0.25, 0.3) is 0 Å². The Morgan fingerprint density at radius 3 is 2.25 bits per heavy atom. The third-order valence-electron chi connectivity index (χ3n) is 6.51. The number of carboxylic acid groups (broad SMARTS) is 2. The van der Waals surface area contributed by atoms with Crippen LogP contribution in [0, 0.1) is 5.92 Å². The molecule has 0 spiro atoms. The van der Waals surface area contributed by atoms with E-state index in [1.165, 1.54) is 37.4 Å². The minimum atomic E-state index is -2.19. The van der Waals surface area contributed by atoms with Gasteiger partial charge in [0.2, 0.25) is 17.7 Å². The molecule has 13 heteroatoms. The van der Waals surface area contributed by atoms with Gasteiger partial charge >= 0.3 is 11.9 Å². The van der Waals surface area contributed by atoms with Crippen molar-refractivity contribution < 1.29 is 39.0 Å². The van der Waals surface area contributed by atoms with Crippen molar-refractivity contribution in [2.24, 2.45) is 22.6 Å². The molecule has 4 atom stereocenters. The van der Waals surface area contributed by atoms with Crippen molar-refractivity contribution in [3.8, 4) is 0 Å². The van der Waals surface area contributed by atoms with Crippen LogP contribution in [-0.4, -0.2) is 74.9 Å². The van der Waals surface area contributed by atoms with Crippen molar-refractivity contribution in [2.45, 2.75) is 44.3 Å². The normalized spacial score (nSPS) is 17.4. The maximum Gasteiger partial charge on any atom is 0.334 e. The molecule has 2 aromatic carbocycles. The zero-order valence-electron chi connectivity index (χ0n) is 21.5. The van der Waals surface area contributed by atoms with Crippen molar-refractivity contribution in [2.75, 3.05) is 4.90 Å². The second-order valence-electron chi connectivity index (χ2n) is 9.29. The number of likely N-dealkylation sites (tertiary alicyclic amines) is 1. The highest BCUT2D eigenvalue weighted by molar-refractivity contribution is 6.17. The predicted octanol–water partition coefficient (Wildman–Crippen LogP) is 0.143. The number of nitrogens with zero attached hydrogens (tertiary/aromatic N) is 3. The summed E-state index contributed by atoms with van der Waals surface area (Å²) in [4.78, 5) is 77.7. The summed E-state index contributed by atoms with van der Waals surface area (Å²) in [5.41, 5.74) is 7.20. The number of anilines is 1. The van der Waals surface area contributed by atoms with Gasteiger partial charge < -0.3 is 21.8 Å². The molecule has 0 bridgehead atoms. The third kappa shape index (κ3) is 6.56. The molecule has 1 aliphatic rings. The molecule has 6 N–H and O–H groups in total. The van der Waals surface area contributed by atoms with Crippen LogP contribution in [0.3, 0.4) is 0 Å². The van der Waals surface area contributed by atoms with E-state index < -0.39 is 65.9 Å². The first kappa shape index (κ1) is 29.6. The maximum absolute atomic E-state index is 13.6. The number of imide groups is 1. The zero-order valence-corrected chi connectivity index (χ0v) is 21.5. The van der Waals surface area contributed by atoms with E-state index in [-0.39, 0.29) is 18.5 Å². The number of carboxylic acids is 2. The average Bonchev–Trinajstić information content (AvgIpc) is 3.19. The largest absolute Gasteiger partial charge is 0.481 e. The molecule has 1 heterocycles. The Balaban J connectivity index is 1.88. The van der Waals surface area contributed by atoms with Gasteiger partial charge in [0, 0.05) is 12.1 Å². The van der Waals surface area contributed by atoms with Gasteiger partial charge in [-0.1, -0.05) is 42.5 Å². The van der Waals surface area contributed by atoms with Gasteiger partial charge in [-0.3, -0.25) is 33.8 Å². The Bertz CT molecular complexity index is 1330. The van der Waals surface area contributed by atoms with Crippen LogP contribution >= 0.6 is 0 Å². The monoisotopic (exact) mass is 551 g/mol. The van der Waals surface area contributed by atoms with Crippen LogP contribution in [0.5, 0.6) is 0 Å². The van der Waals surface area contributed by atoms with E-state index in [4.69, 9.17) is 16.7 Å². The lowest BCUT2D eigenvalue weighted by Crippen LogP contribution is -2.59. The number of rotatable bonds is 12. The van der Waals surface area contributed by atoms with E-state index in [1.807, 2.05) is 0 Å². The second kappa shape index (κ2) is 12.8. The number of carbonyl (C=O) groups excluding carboxylic acids is 4. The number of Topliss-reactive ketones (excluding diaryl/α,β-unsaturated/α-hetero) is 1. The summed E-state index contributed by atoms with van der Waals surface area (Å²) >= 11 is 0. The molecule has 1 aliphatic heterocycles. The van der Waals surface area contributed by atoms with Crippen LogP contribution in [0.15, 0.2) is 59.7 Å². The molecule has 0 aliphatic carbocycles. The van der Waals surface area contributed by atoms with Crippen LogP contribution in [0.2, 0.25) is 0 Å². The smallest absolute Gasteiger partial charge is 0.334 e. The number of hydrogen-bond donors (Lipinski definition) is 4. The molecule has 0 radical (unpaired) electrons. The molecule has 2 unspecified atom stereocenters. The molecule has 3 amide bonds. The van der Waals surface area contributed by atoms with Crippen molar-refractivity contribution >= 4 is 47.3 Å². The standard InChI is InChI=1S/C27H29N5O8/c1-15(31-21(33)12-18(25(31)37)11-16-7-9-17(10-8-16)14-30-29)24(36)23(27(39)40)32(19-5-3-2-4-6-19)26(38)20(28)13-22(34)35/h2-10,14-15,18,20,23H,11-13,28-29H2,1H3,(H,34,35)(H,39,40)/t15?,18?,20-,23-/m0/s1. The molecule has 40 heavy (non-hydrogen) atoms. The molecule has 210 valence electrons. The number of benzene rings is 2. The summed E-state index contributed by atoms with van der Waals surface area (Å²) in [5, 5.41) is 22.6. The fourth-order valence-corrected chi connectivity index (χ4v) is 4.55. The average molecular weight is 552 g/mol. The first-order valence-electron chi connectivity index (χ1n) is 12.3. The van der Waals surface area contributed by atoms with E-state index in [0.717, 1.165) is 16.0 Å². The Hall–Kier alpha value is -4.91. The van der Waals surface area contributed by atoms with Crippen molar-refractivity contribution in [3.63, 3.8) is 0 Å². The van der Waals surface area contributed by atoms with E-state index in [2.05, 4.69) is 5.10 Å². The van der Waals surface area contributed by atoms with Crippen molar-refractivity contribution in [1.29, 1.82) is 0 Å². The molecule has 1 saturated heterocycles. The van der Waals surface area contributed by atoms with E-state index in [1.54, 1.807) is 30.3 Å². The Labute approximate surface area is 229 Å². The fourth-order valence-electron chi connectivity index (χ4n) is 4.55. The first-order valence-corrected chi connectivity index (χ1v) is 12.3. The quantitative estimate of drug-likeness (QED) is 0.0920. The van der Waals surface area contributed by atoms with Gasteiger partial charge in [-0.2, -0.15) is 5.10 Å². The maximum atomic E-state index is 13.6. The Kier molecular flexibility index (Phi) is 9.45. The van der Waals surface area contributed by atoms with E-state index in [9.17, 15) is 33.9 Å². The number of aliphatic carboxylic acids is 2. The van der Waals surface area contributed by atoms with Gasteiger partial charge in [-0.15, -0.1) is 0 Å². The third-order valence-corrected chi connectivity index (χ3v) is 6.51. The van der Waals surface area contributed by atoms with Gasteiger partial charge in [0.25, 0.3) is 0 Å². The van der Waals surface area contributed by atoms with Crippen LogP contribution in [-0.2, 0) is 35.2 Å². The molecule has 0 aromatic heterocycles. The predicted molar refractivity (Wildman–Crippen MR) is 142 cm³/mol. The molecule has 1 fully saturated rings. The van der Waals surface area contributed by atoms with Crippen LogP contribution in [0.4, 0.5) is 5.69 Å². The lowest BCUT2D eigenvalue weighted by molar-refractivity contribution is -0.151. The van der Waals surface area contributed by atoms with Crippen LogP contribution < -0.4 is 16.5 Å². The SMILES string of the molecule is CC(C(=O)[C@@H](C(=O)O)N(C(=O)[C@@H](N)CC(=O)O)c1ccccc1)N1C(=O)CC(Cc2ccc(C=NN)cc2)C1=O. The number of hydrazone groups is 1. The second-order valence-corrected chi connectivity index (χ2v) is 9.29. The molecule has 2 aromatic rings. The zero-order chi connectivity index (χ0) is 29.6. The summed E-state index contributed by atoms with van der Waals surface area (Å²) in [7, 11) is 0. The Morgan fingerprint density at radius 1 is 1.07 bits per heavy atom. The molecular formula is C27H29N5O8. The number of para-hydroxylation sites is 1. The molecule has 13 nitrogen and oxygen atoms in total. The lowest BCUT2D eigenvalue weighted by atomic mass is 9.97. The number of hydrogen-bond acceptors (Lipinski definition) is 9. The molecular weight excluding hydrogens is 522 g/mol. The number of carbonyl (C=O) groups is 6. The summed E-state index contributed by atoms with van der Waals surface area (Å²) in [5.74, 6) is -2.34. The van der Waals surface area contributed by atoms with E-state index >= 15 is 0 Å². The Morgan fingerprint density at radius 2 is 1.70 bits per heavy atom. The minimum Gasteiger partial charge on any atom is -0.481 e. The van der Waals surface area contributed by atoms with Gasteiger partial charge in [0.15, 0.2) is 11.8 Å². The topological polar surface area (TPSA) is 214 Å². The van der Waals surface area contributed by atoms with Crippen LogP contribution in [0.1, 0.15) is 30.9 Å². The first-order chi connectivity index (χ1) is 19.0. The highest BCUT2D eigenvalue weighted by Gasteiger charge is 2.48. The van der Waals surface area contributed by atoms with Gasteiger partial charge in [0.1, 0.15) is 0 Å². The lowest BCUT2D eigenvalue weighted by Gasteiger charge is -2.33. The number of nitrogens with two attached hydrogens (primary N) is 2. The van der Waals surface area contributed by atoms with Gasteiger partial charge in [-0.05, 0) is 36.6 Å². The molecule has 3 rings (SSSR count). The highest BCUT2D eigenvalue weighted by Crippen LogP contribution is 2.28. The summed E-state index contributed by atoms with van der Waals surface area (Å²) in [6.45, 7) is 1.21. The summed E-state index contributed by atoms with van der Waals surface area (Å²) in [6, 6.07) is 8.83. The fraction of sp³-hybridized carbons (Fsp3) is 0.296. The van der Waals surface area contributed by atoms with Gasteiger partial charge in [0.05, 0.1) is 30.6 Å². The minimum absolute atomic E-state index is 0.0265. The van der Waals surface area contributed by atoms with Crippen molar-refractivity contribution in [3.05, 3.63) is 65.7 Å². The number of ketones is 1. The summed E-state index contributed by atoms with van der Waals surface area (Å²) in [6.07, 6.45) is 0.636. The number of amides is 3. The van der Waals surface area contributed by atoms with E-state index in [0.29, 0.717) is 4.90 Å². The van der Waals surface area contributed by atoms with Gasteiger partial charge in [-0.25, -0.2) is 4.79 Å². The molecule has 0 saturated carbocycles. The highest BCUT2D eigenvalue weighted by atomic mass is 16.4.